The number of nitriles is 3. The van der Waals surface area contributed by atoms with Gasteiger partial charge in [-0.2, -0.15) is 15.8 Å². The number of rotatable bonds is 4. The van der Waals surface area contributed by atoms with Crippen molar-refractivity contribution in [2.24, 2.45) is 0 Å². The smallest absolute Gasteiger partial charge is 0.143 e. The van der Waals surface area contributed by atoms with Crippen LogP contribution in [0.25, 0.3) is 0 Å². The van der Waals surface area contributed by atoms with E-state index in [2.05, 4.69) is 23.2 Å². The molecule has 1 aromatic heterocycles. The number of nitrogen functional groups attached to an aromatic ring is 1. The van der Waals surface area contributed by atoms with Crippen molar-refractivity contribution >= 4 is 17.6 Å². The maximum absolute atomic E-state index is 9.82. The normalized spacial score (nSPS) is 14.1. The average molecular weight is 373 g/mol. The van der Waals surface area contributed by atoms with Gasteiger partial charge in [-0.3, -0.25) is 0 Å². The van der Waals surface area contributed by atoms with Crippen molar-refractivity contribution in [1.29, 1.82) is 15.8 Å². The number of anilines is 1. The Morgan fingerprint density at radius 2 is 1.78 bits per heavy atom. The van der Waals surface area contributed by atoms with Crippen LogP contribution < -0.4 is 5.73 Å². The van der Waals surface area contributed by atoms with Crippen molar-refractivity contribution in [3.05, 3.63) is 52.1 Å². The van der Waals surface area contributed by atoms with Gasteiger partial charge in [0.25, 0.3) is 0 Å². The molecule has 1 fully saturated rings. The fourth-order valence-corrected chi connectivity index (χ4v) is 4.56. The Hall–Kier alpha value is -3.01. The predicted molar refractivity (Wildman–Crippen MR) is 105 cm³/mol. The molecule has 134 valence electrons. The zero-order valence-electron chi connectivity index (χ0n) is 14.9. The highest BCUT2D eigenvalue weighted by Gasteiger charge is 2.26. The zero-order valence-corrected chi connectivity index (χ0v) is 15.7. The van der Waals surface area contributed by atoms with Crippen LogP contribution in [0.1, 0.15) is 65.8 Å². The third-order valence-electron chi connectivity index (χ3n) is 4.90. The molecule has 1 aromatic carbocycles. The first-order valence-electron chi connectivity index (χ1n) is 8.93. The molecular formula is C21H19N5S. The third-order valence-corrected chi connectivity index (χ3v) is 5.95. The second-order valence-electron chi connectivity index (χ2n) is 6.63. The van der Waals surface area contributed by atoms with E-state index >= 15 is 0 Å². The van der Waals surface area contributed by atoms with Gasteiger partial charge in [0.05, 0.1) is 22.8 Å². The van der Waals surface area contributed by atoms with E-state index < -0.39 is 0 Å². The summed E-state index contributed by atoms with van der Waals surface area (Å²) in [4.78, 5) is 4.36. The molecule has 0 unspecified atom stereocenters. The summed E-state index contributed by atoms with van der Waals surface area (Å²) in [7, 11) is 0. The standard InChI is InChI=1S/C21H19N5S/c22-10-14-5-4-6-15(9-14)13-27-21-18(12-24)19(16-7-2-1-3-8-16)17(11-23)20(25)26-21/h4-6,9,16H,1-3,7-8,13H2,(H2,25,26). The quantitative estimate of drug-likeness (QED) is 0.783. The highest BCUT2D eigenvalue weighted by Crippen LogP contribution is 2.40. The van der Waals surface area contributed by atoms with E-state index in [4.69, 9.17) is 11.0 Å². The molecular weight excluding hydrogens is 354 g/mol. The lowest BCUT2D eigenvalue weighted by atomic mass is 9.80. The van der Waals surface area contributed by atoms with Crippen LogP contribution in [0.3, 0.4) is 0 Å². The largest absolute Gasteiger partial charge is 0.383 e. The first-order chi connectivity index (χ1) is 13.2. The lowest BCUT2D eigenvalue weighted by Crippen LogP contribution is -2.12. The first-order valence-corrected chi connectivity index (χ1v) is 9.92. The summed E-state index contributed by atoms with van der Waals surface area (Å²) in [5, 5.41) is 29.0. The van der Waals surface area contributed by atoms with Crippen LogP contribution in [-0.4, -0.2) is 4.98 Å². The second kappa shape index (κ2) is 8.58. The van der Waals surface area contributed by atoms with Gasteiger partial charge < -0.3 is 5.73 Å². The fourth-order valence-electron chi connectivity index (χ4n) is 3.61. The summed E-state index contributed by atoms with van der Waals surface area (Å²) >= 11 is 1.42. The maximum Gasteiger partial charge on any atom is 0.143 e. The molecule has 0 saturated heterocycles. The van der Waals surface area contributed by atoms with Crippen LogP contribution in [-0.2, 0) is 5.75 Å². The zero-order chi connectivity index (χ0) is 19.2. The number of nitrogens with two attached hydrogens (primary N) is 1. The van der Waals surface area contributed by atoms with Crippen molar-refractivity contribution in [3.63, 3.8) is 0 Å². The fraction of sp³-hybridized carbons (Fsp3) is 0.333. The Balaban J connectivity index is 1.98. The van der Waals surface area contributed by atoms with Gasteiger partial charge in [-0.15, -0.1) is 11.8 Å². The van der Waals surface area contributed by atoms with Crippen LogP contribution in [0.4, 0.5) is 5.82 Å². The number of hydrogen-bond donors (Lipinski definition) is 1. The molecule has 1 aliphatic rings. The molecule has 2 N–H and O–H groups in total. The first kappa shape index (κ1) is 18.8. The van der Waals surface area contributed by atoms with Gasteiger partial charge in [-0.25, -0.2) is 4.98 Å². The predicted octanol–water partition coefficient (Wildman–Crippen LogP) is 4.62. The number of aromatic nitrogens is 1. The monoisotopic (exact) mass is 373 g/mol. The summed E-state index contributed by atoms with van der Waals surface area (Å²) in [6.45, 7) is 0. The van der Waals surface area contributed by atoms with Crippen molar-refractivity contribution in [2.45, 2.75) is 48.8 Å². The molecule has 0 spiro atoms. The van der Waals surface area contributed by atoms with E-state index in [1.54, 1.807) is 6.07 Å². The van der Waals surface area contributed by atoms with Gasteiger partial charge in [0.2, 0.25) is 0 Å². The van der Waals surface area contributed by atoms with Crippen molar-refractivity contribution in [1.82, 2.24) is 4.98 Å². The molecule has 0 aliphatic heterocycles. The van der Waals surface area contributed by atoms with Crippen LogP contribution >= 0.6 is 11.8 Å². The number of thioether (sulfide) groups is 1. The summed E-state index contributed by atoms with van der Waals surface area (Å²) in [5.74, 6) is 0.965. The lowest BCUT2D eigenvalue weighted by Gasteiger charge is -2.25. The molecule has 6 heteroatoms. The van der Waals surface area contributed by atoms with Crippen molar-refractivity contribution in [2.75, 3.05) is 5.73 Å². The second-order valence-corrected chi connectivity index (χ2v) is 7.59. The summed E-state index contributed by atoms with van der Waals surface area (Å²) in [6.07, 6.45) is 5.35. The molecule has 1 saturated carbocycles. The number of benzene rings is 1. The lowest BCUT2D eigenvalue weighted by molar-refractivity contribution is 0.442. The van der Waals surface area contributed by atoms with Crippen LogP contribution in [0, 0.1) is 34.0 Å². The highest BCUT2D eigenvalue weighted by atomic mass is 32.2. The molecule has 27 heavy (non-hydrogen) atoms. The number of hydrogen-bond acceptors (Lipinski definition) is 6. The number of nitrogens with zero attached hydrogens (tertiary/aromatic N) is 4. The van der Waals surface area contributed by atoms with Crippen LogP contribution in [0.5, 0.6) is 0 Å². The van der Waals surface area contributed by atoms with E-state index in [1.165, 1.54) is 18.2 Å². The molecule has 0 amide bonds. The molecule has 5 nitrogen and oxygen atoms in total. The van der Waals surface area contributed by atoms with Gasteiger partial charge in [0, 0.05) is 5.75 Å². The van der Waals surface area contributed by atoms with E-state index in [-0.39, 0.29) is 11.7 Å². The summed E-state index contributed by atoms with van der Waals surface area (Å²) in [6, 6.07) is 13.9. The Morgan fingerprint density at radius 1 is 1.04 bits per heavy atom. The van der Waals surface area contributed by atoms with Gasteiger partial charge >= 0.3 is 0 Å². The van der Waals surface area contributed by atoms with Crippen molar-refractivity contribution in [3.8, 4) is 18.2 Å². The molecule has 2 aromatic rings. The van der Waals surface area contributed by atoms with Crippen LogP contribution in [0.15, 0.2) is 29.3 Å². The Labute approximate surface area is 163 Å². The molecule has 1 heterocycles. The number of pyridine rings is 1. The van der Waals surface area contributed by atoms with E-state index in [1.807, 2.05) is 18.2 Å². The Kier molecular flexibility index (Phi) is 5.97. The van der Waals surface area contributed by atoms with Gasteiger partial charge in [-0.05, 0) is 42.0 Å². The third kappa shape index (κ3) is 4.05. The Bertz CT molecular complexity index is 972. The van der Waals surface area contributed by atoms with Crippen molar-refractivity contribution < 1.29 is 0 Å². The maximum atomic E-state index is 9.82. The van der Waals surface area contributed by atoms with E-state index in [9.17, 15) is 10.5 Å². The van der Waals surface area contributed by atoms with Crippen LogP contribution in [0.2, 0.25) is 0 Å². The van der Waals surface area contributed by atoms with E-state index in [0.29, 0.717) is 27.5 Å². The SMILES string of the molecule is N#Cc1cccc(CSc2nc(N)c(C#N)c(C3CCCCC3)c2C#N)c1. The molecule has 3 rings (SSSR count). The Morgan fingerprint density at radius 3 is 2.44 bits per heavy atom. The van der Waals surface area contributed by atoms with Gasteiger partial charge in [0.15, 0.2) is 0 Å². The molecule has 0 atom stereocenters. The minimum absolute atomic E-state index is 0.189. The summed E-state index contributed by atoms with van der Waals surface area (Å²) in [5.41, 5.74) is 9.27. The minimum atomic E-state index is 0.189. The van der Waals surface area contributed by atoms with Gasteiger partial charge in [0.1, 0.15) is 23.0 Å². The molecule has 0 bridgehead atoms. The average Bonchev–Trinajstić information content (AvgIpc) is 2.72. The van der Waals surface area contributed by atoms with Gasteiger partial charge in [-0.1, -0.05) is 31.4 Å². The molecule has 0 radical (unpaired) electrons. The van der Waals surface area contributed by atoms with E-state index in [0.717, 1.165) is 36.8 Å². The topological polar surface area (TPSA) is 110 Å². The highest BCUT2D eigenvalue weighted by molar-refractivity contribution is 7.98. The minimum Gasteiger partial charge on any atom is -0.383 e. The molecule has 1 aliphatic carbocycles. The summed E-state index contributed by atoms with van der Waals surface area (Å²) < 4.78 is 0.